The normalized spacial score (nSPS) is 13.5. The van der Waals surface area contributed by atoms with Crippen molar-refractivity contribution >= 4 is 46.3 Å². The number of aromatic carboxylic acids is 1. The zero-order valence-corrected chi connectivity index (χ0v) is 32.8. The molecule has 9 N–H and O–H groups in total. The predicted octanol–water partition coefficient (Wildman–Crippen LogP) is 3.66. The number of hydrazine groups is 1. The van der Waals surface area contributed by atoms with E-state index in [2.05, 4.69) is 10.6 Å². The summed E-state index contributed by atoms with van der Waals surface area (Å²) in [5, 5.41) is 16.0. The number of carbonyl (C=O) groups excluding carboxylic acids is 3. The Kier molecular flexibility index (Phi) is 15.2. The SMILES string of the molecule is CCn1cc(C(=O)O)c(=O)c2cc(F)c(N3CCN(C(=O)OCc4ccc(NC(=O)C(CCCCN)N(N)/C=C(\N)CNC(=O)OCc5ccccc5)cc4)CC3)cc21. The number of benzene rings is 3. The highest BCUT2D eigenvalue weighted by atomic mass is 19.1. The molecule has 5 rings (SSSR count). The van der Waals surface area contributed by atoms with Crippen molar-refractivity contribution in [3.05, 3.63) is 118 Å². The average Bonchev–Trinajstić information content (AvgIpc) is 3.23. The molecule has 1 aromatic heterocycles. The number of aromatic nitrogens is 1. The second-order valence-corrected chi connectivity index (χ2v) is 13.9. The van der Waals surface area contributed by atoms with Gasteiger partial charge in [-0.1, -0.05) is 42.5 Å². The molecule has 1 aliphatic rings. The number of nitrogens with one attached hydrogen (secondary N) is 2. The van der Waals surface area contributed by atoms with Gasteiger partial charge in [-0.05, 0) is 68.1 Å². The summed E-state index contributed by atoms with van der Waals surface area (Å²) in [5.74, 6) is 3.85. The molecular formula is C41H50FN9O8. The Morgan fingerprint density at radius 2 is 1.64 bits per heavy atom. The number of pyridine rings is 1. The Morgan fingerprint density at radius 1 is 0.966 bits per heavy atom. The predicted molar refractivity (Wildman–Crippen MR) is 219 cm³/mol. The topological polar surface area (TPSA) is 241 Å². The second kappa shape index (κ2) is 20.7. The number of halogens is 1. The Hall–Kier alpha value is -6.66. The van der Waals surface area contributed by atoms with Crippen molar-refractivity contribution in [2.24, 2.45) is 17.3 Å². The van der Waals surface area contributed by atoms with Crippen molar-refractivity contribution in [1.29, 1.82) is 0 Å². The molecule has 1 aliphatic heterocycles. The van der Waals surface area contributed by atoms with Gasteiger partial charge >= 0.3 is 18.2 Å². The molecular weight excluding hydrogens is 766 g/mol. The number of nitrogens with zero attached hydrogens (tertiary/aromatic N) is 4. The van der Waals surface area contributed by atoms with Crippen molar-refractivity contribution in [2.45, 2.75) is 52.0 Å². The maximum Gasteiger partial charge on any atom is 0.410 e. The zero-order valence-electron chi connectivity index (χ0n) is 32.8. The van der Waals surface area contributed by atoms with E-state index in [4.69, 9.17) is 26.8 Å². The van der Waals surface area contributed by atoms with Crippen LogP contribution in [0.4, 0.5) is 25.4 Å². The van der Waals surface area contributed by atoms with Crippen LogP contribution in [0, 0.1) is 5.82 Å². The van der Waals surface area contributed by atoms with Crippen LogP contribution in [0.2, 0.25) is 0 Å². The quantitative estimate of drug-likeness (QED) is 0.0508. The monoisotopic (exact) mass is 815 g/mol. The first kappa shape index (κ1) is 43.5. The number of fused-ring (bicyclic) bond motifs is 1. The van der Waals surface area contributed by atoms with Crippen molar-refractivity contribution < 1.29 is 38.1 Å². The number of anilines is 2. The molecule has 1 saturated heterocycles. The van der Waals surface area contributed by atoms with Crippen molar-refractivity contribution in [2.75, 3.05) is 49.5 Å². The number of alkyl carbamates (subject to hydrolysis) is 1. The number of hydrogen-bond donors (Lipinski definition) is 6. The smallest absolute Gasteiger partial charge is 0.410 e. The van der Waals surface area contributed by atoms with E-state index in [1.54, 1.807) is 40.7 Å². The Morgan fingerprint density at radius 3 is 2.31 bits per heavy atom. The van der Waals surface area contributed by atoms with Gasteiger partial charge in [-0.3, -0.25) is 9.59 Å². The van der Waals surface area contributed by atoms with Gasteiger partial charge in [-0.2, -0.15) is 0 Å². The van der Waals surface area contributed by atoms with Crippen LogP contribution in [-0.4, -0.2) is 89.0 Å². The number of nitrogens with two attached hydrogens (primary N) is 3. The van der Waals surface area contributed by atoms with Gasteiger partial charge in [-0.15, -0.1) is 0 Å². The number of amides is 3. The molecule has 314 valence electrons. The standard InChI is InChI=1S/C41H50FN9O8/c1-2-48-24-32(39(54)55)37(52)31-20-33(42)36(21-35(31)48)49-16-18-50(19-17-49)41(57)59-26-28-11-13-30(14-12-28)47-38(53)34(10-6-7-15-43)51(45)23-29(44)22-46-40(56)58-25-27-8-4-3-5-9-27/h3-5,8-9,11-14,20-21,23-24,34H,2,6-7,10,15-19,22,25-26,43-45H2,1H3,(H,46,56)(H,47,53)(H,54,55)/b29-23-. The molecule has 2 heterocycles. The molecule has 17 nitrogen and oxygen atoms in total. The molecule has 0 saturated carbocycles. The van der Waals surface area contributed by atoms with Crippen molar-refractivity contribution in [1.82, 2.24) is 19.8 Å². The molecule has 3 aromatic carbocycles. The Balaban J connectivity index is 1.10. The minimum absolute atomic E-state index is 0.0181. The van der Waals surface area contributed by atoms with E-state index in [-0.39, 0.29) is 49.6 Å². The first-order chi connectivity index (χ1) is 28.4. The molecule has 1 atom stereocenters. The number of hydrogen-bond acceptors (Lipinski definition) is 12. The molecule has 0 radical (unpaired) electrons. The zero-order chi connectivity index (χ0) is 42.5. The highest BCUT2D eigenvalue weighted by Gasteiger charge is 2.26. The average molecular weight is 816 g/mol. The van der Waals surface area contributed by atoms with E-state index in [0.717, 1.165) is 11.6 Å². The second-order valence-electron chi connectivity index (χ2n) is 13.9. The van der Waals surface area contributed by atoms with Crippen LogP contribution in [0.1, 0.15) is 47.7 Å². The van der Waals surface area contributed by atoms with Gasteiger partial charge in [0.15, 0.2) is 0 Å². The van der Waals surface area contributed by atoms with Gasteiger partial charge in [-0.25, -0.2) is 24.6 Å². The summed E-state index contributed by atoms with van der Waals surface area (Å²) in [6.07, 6.45) is 3.12. The maximum absolute atomic E-state index is 15.3. The number of aryl methyl sites for hydroxylation is 1. The summed E-state index contributed by atoms with van der Waals surface area (Å²) >= 11 is 0. The van der Waals surface area contributed by atoms with Crippen molar-refractivity contribution in [3.63, 3.8) is 0 Å². The van der Waals surface area contributed by atoms with Crippen LogP contribution in [0.25, 0.3) is 10.9 Å². The van der Waals surface area contributed by atoms with E-state index in [0.29, 0.717) is 62.2 Å². The summed E-state index contributed by atoms with van der Waals surface area (Å²) in [6.45, 7) is 3.72. The van der Waals surface area contributed by atoms with Crippen LogP contribution < -0.4 is 38.3 Å². The van der Waals surface area contributed by atoms with E-state index in [9.17, 15) is 29.1 Å². The Bertz CT molecular complexity index is 2190. The fraction of sp³-hybridized carbons (Fsp3) is 0.341. The minimum atomic E-state index is -1.38. The van der Waals surface area contributed by atoms with Gasteiger partial charge in [0, 0.05) is 61.9 Å². The van der Waals surface area contributed by atoms with Gasteiger partial charge in [0.2, 0.25) is 11.3 Å². The summed E-state index contributed by atoms with van der Waals surface area (Å²) in [5.41, 5.74) is 13.4. The maximum atomic E-state index is 15.3. The van der Waals surface area contributed by atoms with E-state index in [1.807, 2.05) is 30.3 Å². The van der Waals surface area contributed by atoms with Crippen LogP contribution >= 0.6 is 0 Å². The largest absolute Gasteiger partial charge is 0.477 e. The fourth-order valence-corrected chi connectivity index (χ4v) is 6.50. The van der Waals surface area contributed by atoms with E-state index < -0.39 is 46.9 Å². The lowest BCUT2D eigenvalue weighted by Crippen LogP contribution is -2.49. The van der Waals surface area contributed by atoms with Crippen LogP contribution in [0.15, 0.2) is 89.6 Å². The molecule has 0 bridgehead atoms. The summed E-state index contributed by atoms with van der Waals surface area (Å²) < 4.78 is 27.7. The third-order valence-electron chi connectivity index (χ3n) is 9.74. The number of unbranched alkanes of at least 4 members (excludes halogenated alkanes) is 1. The highest BCUT2D eigenvalue weighted by molar-refractivity contribution is 5.95. The molecule has 59 heavy (non-hydrogen) atoms. The molecule has 3 amide bonds. The highest BCUT2D eigenvalue weighted by Crippen LogP contribution is 2.27. The third-order valence-corrected chi connectivity index (χ3v) is 9.74. The fourth-order valence-electron chi connectivity index (χ4n) is 6.50. The lowest BCUT2D eigenvalue weighted by Gasteiger charge is -2.35. The van der Waals surface area contributed by atoms with Gasteiger partial charge in [0.25, 0.3) is 0 Å². The molecule has 1 fully saturated rings. The summed E-state index contributed by atoms with van der Waals surface area (Å²) in [7, 11) is 0. The summed E-state index contributed by atoms with van der Waals surface area (Å²) in [4.78, 5) is 66.1. The van der Waals surface area contributed by atoms with Gasteiger partial charge < -0.3 is 56.1 Å². The van der Waals surface area contributed by atoms with Crippen LogP contribution in [-0.2, 0) is 34.0 Å². The molecule has 4 aromatic rings. The Labute approximate surface area is 340 Å². The third kappa shape index (κ3) is 11.7. The number of carbonyl (C=O) groups is 4. The lowest BCUT2D eigenvalue weighted by molar-refractivity contribution is -0.120. The van der Waals surface area contributed by atoms with E-state index in [1.165, 1.54) is 28.4 Å². The summed E-state index contributed by atoms with van der Waals surface area (Å²) in [6, 6.07) is 17.8. The van der Waals surface area contributed by atoms with Crippen LogP contribution in [0.3, 0.4) is 0 Å². The van der Waals surface area contributed by atoms with Crippen molar-refractivity contribution in [3.8, 4) is 0 Å². The van der Waals surface area contributed by atoms with Gasteiger partial charge in [0.05, 0.1) is 17.7 Å². The number of carboxylic acid groups (broad SMARTS) is 1. The minimum Gasteiger partial charge on any atom is -0.477 e. The number of rotatable bonds is 17. The van der Waals surface area contributed by atoms with Gasteiger partial charge in [0.1, 0.15) is 30.6 Å². The molecule has 1 unspecified atom stereocenters. The number of ether oxygens (including phenoxy) is 2. The number of carboxylic acids is 1. The van der Waals surface area contributed by atoms with Crippen LogP contribution in [0.5, 0.6) is 0 Å². The first-order valence-corrected chi connectivity index (χ1v) is 19.2. The van der Waals surface area contributed by atoms with E-state index >= 15 is 4.39 Å². The lowest BCUT2D eigenvalue weighted by atomic mass is 10.1. The first-order valence-electron chi connectivity index (χ1n) is 19.2. The molecule has 18 heteroatoms. The number of piperazine rings is 1. The molecule has 0 spiro atoms. The molecule has 0 aliphatic carbocycles.